The van der Waals surface area contributed by atoms with Crippen LogP contribution in [0.5, 0.6) is 11.5 Å². The number of ether oxygens (including phenoxy) is 3. The average molecular weight is 386 g/mol. The molecule has 0 amide bonds. The Hall–Kier alpha value is -2.42. The first-order valence-electron chi connectivity index (χ1n) is 8.04. The van der Waals surface area contributed by atoms with Crippen molar-refractivity contribution in [2.24, 2.45) is 0 Å². The van der Waals surface area contributed by atoms with Crippen LogP contribution in [0.2, 0.25) is 0 Å². The molecule has 0 saturated carbocycles. The molecule has 1 aromatic rings. The number of benzene rings is 1. The highest BCUT2D eigenvalue weighted by atomic mass is 32.1. The van der Waals surface area contributed by atoms with Gasteiger partial charge in [0.2, 0.25) is 0 Å². The van der Waals surface area contributed by atoms with Crippen molar-refractivity contribution in [1.29, 1.82) is 0 Å². The first kappa shape index (κ1) is 19.9. The van der Waals surface area contributed by atoms with Crippen molar-refractivity contribution >= 4 is 23.3 Å². The molecule has 26 heavy (non-hydrogen) atoms. The molecule has 2 rings (SSSR count). The summed E-state index contributed by atoms with van der Waals surface area (Å²) in [5.74, 6) is -0.429. The van der Waals surface area contributed by atoms with Gasteiger partial charge in [-0.05, 0) is 50.7 Å². The number of allylic oxidation sites excluding steroid dienone is 1. The van der Waals surface area contributed by atoms with Crippen molar-refractivity contribution in [2.75, 3.05) is 13.2 Å². The van der Waals surface area contributed by atoms with E-state index in [0.717, 1.165) is 0 Å². The van der Waals surface area contributed by atoms with Gasteiger partial charge in [-0.15, -0.1) is 0 Å². The summed E-state index contributed by atoms with van der Waals surface area (Å²) in [4.78, 5) is 12.4. The molecule has 6 nitrogen and oxygen atoms in total. The molecule has 0 radical (unpaired) electrons. The molecule has 0 bridgehead atoms. The quantitative estimate of drug-likeness (QED) is 0.551. The highest BCUT2D eigenvalue weighted by Gasteiger charge is 2.31. The molecule has 1 aliphatic heterocycles. The van der Waals surface area contributed by atoms with E-state index >= 15 is 0 Å². The maximum Gasteiger partial charge on any atom is 0.387 e. The van der Waals surface area contributed by atoms with E-state index in [2.05, 4.69) is 15.4 Å². The van der Waals surface area contributed by atoms with Gasteiger partial charge >= 0.3 is 12.6 Å². The second-order valence-corrected chi connectivity index (χ2v) is 5.72. The van der Waals surface area contributed by atoms with Crippen LogP contribution in [0.3, 0.4) is 0 Å². The Morgan fingerprint density at radius 2 is 2.00 bits per heavy atom. The van der Waals surface area contributed by atoms with Gasteiger partial charge in [0.1, 0.15) is 0 Å². The lowest BCUT2D eigenvalue weighted by Crippen LogP contribution is -2.45. The molecule has 0 fully saturated rings. The van der Waals surface area contributed by atoms with Gasteiger partial charge in [-0.25, -0.2) is 4.79 Å². The summed E-state index contributed by atoms with van der Waals surface area (Å²) < 4.78 is 40.1. The van der Waals surface area contributed by atoms with E-state index < -0.39 is 18.6 Å². The molecule has 1 heterocycles. The van der Waals surface area contributed by atoms with E-state index in [1.165, 1.54) is 6.07 Å². The van der Waals surface area contributed by atoms with Crippen molar-refractivity contribution in [3.8, 4) is 11.5 Å². The maximum absolute atomic E-state index is 12.6. The first-order chi connectivity index (χ1) is 12.4. The molecule has 2 N–H and O–H groups in total. The number of alkyl halides is 2. The molecule has 0 saturated heterocycles. The SMILES string of the molecule is CCOC(=O)C1=C(C)NC(=S)N[C@H]1c1ccc(OC(F)F)c(OCC)c1. The summed E-state index contributed by atoms with van der Waals surface area (Å²) in [6, 6.07) is 3.87. The van der Waals surface area contributed by atoms with Crippen molar-refractivity contribution in [1.82, 2.24) is 10.6 Å². The molecule has 0 aliphatic carbocycles. The predicted molar refractivity (Wildman–Crippen MR) is 95.2 cm³/mol. The Morgan fingerprint density at radius 1 is 1.27 bits per heavy atom. The average Bonchev–Trinajstić information content (AvgIpc) is 2.55. The van der Waals surface area contributed by atoms with Crippen molar-refractivity contribution in [2.45, 2.75) is 33.4 Å². The van der Waals surface area contributed by atoms with E-state index in [1.807, 2.05) is 0 Å². The fraction of sp³-hybridized carbons (Fsp3) is 0.412. The minimum absolute atomic E-state index is 0.0829. The summed E-state index contributed by atoms with van der Waals surface area (Å²) >= 11 is 5.17. The molecule has 0 spiro atoms. The Labute approximate surface area is 155 Å². The fourth-order valence-electron chi connectivity index (χ4n) is 2.59. The smallest absolute Gasteiger partial charge is 0.387 e. The Morgan fingerprint density at radius 3 is 2.62 bits per heavy atom. The lowest BCUT2D eigenvalue weighted by Gasteiger charge is -2.30. The van der Waals surface area contributed by atoms with Crippen LogP contribution in [0.25, 0.3) is 0 Å². The number of hydrogen-bond acceptors (Lipinski definition) is 5. The lowest BCUT2D eigenvalue weighted by molar-refractivity contribution is -0.139. The van der Waals surface area contributed by atoms with E-state index in [1.54, 1.807) is 32.9 Å². The minimum Gasteiger partial charge on any atom is -0.490 e. The number of carbonyl (C=O) groups excluding carboxylic acids is 1. The summed E-state index contributed by atoms with van der Waals surface area (Å²) in [6.45, 7) is 2.66. The van der Waals surface area contributed by atoms with Crippen LogP contribution in [0.4, 0.5) is 8.78 Å². The molecule has 142 valence electrons. The van der Waals surface area contributed by atoms with E-state index in [0.29, 0.717) is 21.9 Å². The van der Waals surface area contributed by atoms with Crippen LogP contribution in [-0.2, 0) is 9.53 Å². The fourth-order valence-corrected chi connectivity index (χ4v) is 2.86. The van der Waals surface area contributed by atoms with Gasteiger partial charge in [-0.3, -0.25) is 0 Å². The highest BCUT2D eigenvalue weighted by molar-refractivity contribution is 7.80. The van der Waals surface area contributed by atoms with Gasteiger partial charge in [0.15, 0.2) is 16.6 Å². The third kappa shape index (κ3) is 4.60. The Bertz CT molecular complexity index is 725. The summed E-state index contributed by atoms with van der Waals surface area (Å²) in [5, 5.41) is 6.23. The summed E-state index contributed by atoms with van der Waals surface area (Å²) in [5.41, 5.74) is 1.51. The minimum atomic E-state index is -2.97. The monoisotopic (exact) mass is 386 g/mol. The van der Waals surface area contributed by atoms with Crippen molar-refractivity contribution in [3.05, 3.63) is 35.0 Å². The molecule has 0 aromatic heterocycles. The Balaban J connectivity index is 2.46. The molecule has 9 heteroatoms. The molecular weight excluding hydrogens is 366 g/mol. The van der Waals surface area contributed by atoms with Gasteiger partial charge in [0.05, 0.1) is 24.8 Å². The van der Waals surface area contributed by atoms with Crippen LogP contribution >= 0.6 is 12.2 Å². The van der Waals surface area contributed by atoms with E-state index in [9.17, 15) is 13.6 Å². The zero-order chi connectivity index (χ0) is 19.3. The molecule has 1 aromatic carbocycles. The molecule has 1 atom stereocenters. The molecule has 0 unspecified atom stereocenters. The van der Waals surface area contributed by atoms with Crippen LogP contribution in [-0.4, -0.2) is 30.9 Å². The normalized spacial score (nSPS) is 16.8. The summed E-state index contributed by atoms with van der Waals surface area (Å²) in [7, 11) is 0. The van der Waals surface area contributed by atoms with Crippen molar-refractivity contribution < 1.29 is 27.8 Å². The van der Waals surface area contributed by atoms with Gasteiger partial charge in [0, 0.05) is 5.70 Å². The van der Waals surface area contributed by atoms with Gasteiger partial charge in [0.25, 0.3) is 0 Å². The van der Waals surface area contributed by atoms with Gasteiger partial charge in [-0.2, -0.15) is 8.78 Å². The molecule has 1 aliphatic rings. The van der Waals surface area contributed by atoms with Crippen LogP contribution in [0.15, 0.2) is 29.5 Å². The largest absolute Gasteiger partial charge is 0.490 e. The van der Waals surface area contributed by atoms with E-state index in [4.69, 9.17) is 21.7 Å². The standard InChI is InChI=1S/C17H20F2N2O4S/c1-4-23-12-8-10(6-7-11(12)25-16(18)19)14-13(15(22)24-5-2)9(3)20-17(26)21-14/h6-8,14,16H,4-5H2,1-3H3,(H2,20,21,26)/t14-/m0/s1. The van der Waals surface area contributed by atoms with Crippen LogP contribution in [0, 0.1) is 0 Å². The van der Waals surface area contributed by atoms with Gasteiger partial charge < -0.3 is 24.8 Å². The number of esters is 1. The second-order valence-electron chi connectivity index (χ2n) is 5.31. The third-order valence-corrected chi connectivity index (χ3v) is 3.80. The van der Waals surface area contributed by atoms with Crippen molar-refractivity contribution in [3.63, 3.8) is 0 Å². The predicted octanol–water partition coefficient (Wildman–Crippen LogP) is 3.04. The number of hydrogen-bond donors (Lipinski definition) is 2. The summed E-state index contributed by atoms with van der Waals surface area (Å²) in [6.07, 6.45) is 0. The highest BCUT2D eigenvalue weighted by Crippen LogP contribution is 2.35. The molecular formula is C17H20F2N2O4S. The lowest BCUT2D eigenvalue weighted by atomic mass is 9.95. The number of carbonyl (C=O) groups is 1. The number of rotatable bonds is 7. The topological polar surface area (TPSA) is 68.8 Å². The van der Waals surface area contributed by atoms with Gasteiger partial charge in [-0.1, -0.05) is 6.07 Å². The number of halogens is 2. The number of nitrogens with one attached hydrogen (secondary N) is 2. The zero-order valence-corrected chi connectivity index (χ0v) is 15.4. The van der Waals surface area contributed by atoms with Crippen LogP contribution < -0.4 is 20.1 Å². The maximum atomic E-state index is 12.6. The zero-order valence-electron chi connectivity index (χ0n) is 14.6. The number of thiocarbonyl (C=S) groups is 1. The second kappa shape index (κ2) is 8.79. The first-order valence-corrected chi connectivity index (χ1v) is 8.45. The van der Waals surface area contributed by atoms with Crippen LogP contribution in [0.1, 0.15) is 32.4 Å². The van der Waals surface area contributed by atoms with E-state index in [-0.39, 0.29) is 24.7 Å². The Kier molecular flexibility index (Phi) is 6.73. The third-order valence-electron chi connectivity index (χ3n) is 3.58.